The van der Waals surface area contributed by atoms with E-state index < -0.39 is 5.41 Å². The fourth-order valence-corrected chi connectivity index (χ4v) is 5.08. The molecule has 1 heterocycles. The first-order valence-corrected chi connectivity index (χ1v) is 12.5. The lowest BCUT2D eigenvalue weighted by atomic mass is 9.69. The van der Waals surface area contributed by atoms with Gasteiger partial charge in [-0.2, -0.15) is 0 Å². The van der Waals surface area contributed by atoms with Crippen molar-refractivity contribution in [2.24, 2.45) is 5.41 Å². The lowest BCUT2D eigenvalue weighted by Gasteiger charge is -2.39. The highest BCUT2D eigenvalue weighted by Gasteiger charge is 2.47. The molecule has 0 bridgehead atoms. The van der Waals surface area contributed by atoms with Gasteiger partial charge in [-0.3, -0.25) is 4.79 Å². The molecule has 0 unspecified atom stereocenters. The molecule has 4 rings (SSSR count). The summed E-state index contributed by atoms with van der Waals surface area (Å²) in [6, 6.07) is 9.49. The topological polar surface area (TPSA) is 71.1 Å². The highest BCUT2D eigenvalue weighted by Crippen LogP contribution is 2.47. The van der Waals surface area contributed by atoms with Crippen molar-refractivity contribution in [3.05, 3.63) is 45.0 Å². The molecule has 0 amide bonds. The van der Waals surface area contributed by atoms with Crippen LogP contribution in [0.4, 0.5) is 0 Å². The van der Waals surface area contributed by atoms with Crippen LogP contribution in [0.25, 0.3) is 11.1 Å². The number of ether oxygens (including phenoxy) is 4. The third-order valence-electron chi connectivity index (χ3n) is 6.72. The molecule has 0 radical (unpaired) electrons. The largest absolute Gasteiger partial charge is 0.492 e. The smallest absolute Gasteiger partial charge is 0.338 e. The van der Waals surface area contributed by atoms with Crippen LogP contribution in [0.5, 0.6) is 11.5 Å². The van der Waals surface area contributed by atoms with Gasteiger partial charge in [-0.1, -0.05) is 32.4 Å². The summed E-state index contributed by atoms with van der Waals surface area (Å²) in [5.74, 6) is 0.690. The number of methoxy groups -OCH3 is 1. The minimum atomic E-state index is -0.635. The summed E-state index contributed by atoms with van der Waals surface area (Å²) >= 11 is 2.21. The molecule has 6 nitrogen and oxygen atoms in total. The quantitative estimate of drug-likeness (QED) is 0.278. The van der Waals surface area contributed by atoms with Gasteiger partial charge in [0, 0.05) is 11.1 Å². The maximum atomic E-state index is 13.1. The Bertz CT molecular complexity index is 1050. The molecule has 1 aliphatic heterocycles. The molecule has 2 aromatic carbocycles. The summed E-state index contributed by atoms with van der Waals surface area (Å²) in [6.45, 7) is 4.51. The summed E-state index contributed by atoms with van der Waals surface area (Å²) < 4.78 is 24.1. The molecule has 176 valence electrons. The summed E-state index contributed by atoms with van der Waals surface area (Å²) in [6.07, 6.45) is 4.00. The molecule has 0 aromatic heterocycles. The zero-order valence-corrected chi connectivity index (χ0v) is 21.4. The van der Waals surface area contributed by atoms with Crippen LogP contribution < -0.4 is 9.47 Å². The van der Waals surface area contributed by atoms with Gasteiger partial charge in [0.25, 0.3) is 0 Å². The Kier molecular flexibility index (Phi) is 7.16. The molecule has 1 fully saturated rings. The molecule has 0 atom stereocenters. The Morgan fingerprint density at radius 2 is 1.82 bits per heavy atom. The van der Waals surface area contributed by atoms with Crippen molar-refractivity contribution in [1.29, 1.82) is 0 Å². The van der Waals surface area contributed by atoms with E-state index in [0.717, 1.165) is 52.4 Å². The van der Waals surface area contributed by atoms with Crippen molar-refractivity contribution in [3.63, 3.8) is 0 Å². The molecule has 1 aliphatic carbocycles. The van der Waals surface area contributed by atoms with E-state index in [1.165, 1.54) is 0 Å². The first-order valence-electron chi connectivity index (χ1n) is 11.4. The maximum absolute atomic E-state index is 13.1. The number of hydrogen-bond donors (Lipinski definition) is 0. The molecular formula is C26H29IO6. The predicted octanol–water partition coefficient (Wildman–Crippen LogP) is 5.92. The number of halogens is 1. The van der Waals surface area contributed by atoms with E-state index in [9.17, 15) is 9.59 Å². The van der Waals surface area contributed by atoms with Gasteiger partial charge in [0.15, 0.2) is 11.5 Å². The Morgan fingerprint density at radius 1 is 1.09 bits per heavy atom. The highest BCUT2D eigenvalue weighted by atomic mass is 127. The predicted molar refractivity (Wildman–Crippen MR) is 133 cm³/mol. The van der Waals surface area contributed by atoms with Crippen molar-refractivity contribution in [2.75, 3.05) is 13.7 Å². The van der Waals surface area contributed by atoms with Gasteiger partial charge >= 0.3 is 11.9 Å². The monoisotopic (exact) mass is 564 g/mol. The number of fused-ring (bicyclic) bond motifs is 1. The van der Waals surface area contributed by atoms with Crippen LogP contribution in [0, 0.1) is 8.99 Å². The number of hydrogen-bond acceptors (Lipinski definition) is 6. The fourth-order valence-electron chi connectivity index (χ4n) is 4.44. The average Bonchev–Trinajstić information content (AvgIpc) is 3.18. The Hall–Kier alpha value is -2.29. The molecule has 2 aromatic rings. The second kappa shape index (κ2) is 9.91. The normalized spacial score (nSPS) is 16.1. The molecular weight excluding hydrogens is 535 g/mol. The third-order valence-corrected chi connectivity index (χ3v) is 7.57. The molecule has 0 spiro atoms. The number of carbonyl (C=O) groups excluding carboxylic acids is 2. The van der Waals surface area contributed by atoms with Gasteiger partial charge in [-0.05, 0) is 72.0 Å². The Labute approximate surface area is 208 Å². The lowest BCUT2D eigenvalue weighted by molar-refractivity contribution is -0.170. The van der Waals surface area contributed by atoms with Crippen LogP contribution in [0.2, 0.25) is 0 Å². The summed E-state index contributed by atoms with van der Waals surface area (Å²) in [7, 11) is 1.61. The van der Waals surface area contributed by atoms with Crippen LogP contribution in [-0.4, -0.2) is 31.8 Å². The number of esters is 2. The fraction of sp³-hybridized carbons (Fsp3) is 0.462. The number of benzene rings is 2. The minimum absolute atomic E-state index is 0.0674. The van der Waals surface area contributed by atoms with Gasteiger partial charge in [-0.25, -0.2) is 4.79 Å². The second-order valence-electron chi connectivity index (χ2n) is 8.63. The summed E-state index contributed by atoms with van der Waals surface area (Å²) in [5, 5.41) is 0. The third kappa shape index (κ3) is 4.44. The molecule has 0 saturated heterocycles. The van der Waals surface area contributed by atoms with Crippen molar-refractivity contribution in [2.45, 2.75) is 58.7 Å². The number of rotatable bonds is 9. The zero-order chi connectivity index (χ0) is 23.6. The van der Waals surface area contributed by atoms with Crippen molar-refractivity contribution in [1.82, 2.24) is 0 Å². The second-order valence-corrected chi connectivity index (χ2v) is 9.79. The maximum Gasteiger partial charge on any atom is 0.338 e. The molecule has 2 aliphatic rings. The van der Waals surface area contributed by atoms with Gasteiger partial charge in [0.05, 0.1) is 16.2 Å². The van der Waals surface area contributed by atoms with E-state index in [2.05, 4.69) is 22.6 Å². The van der Waals surface area contributed by atoms with Gasteiger partial charge < -0.3 is 18.9 Å². The minimum Gasteiger partial charge on any atom is -0.492 e. The van der Waals surface area contributed by atoms with Crippen molar-refractivity contribution >= 4 is 34.5 Å². The zero-order valence-electron chi connectivity index (χ0n) is 19.2. The average molecular weight is 564 g/mol. The van der Waals surface area contributed by atoms with Crippen LogP contribution in [0.3, 0.4) is 0 Å². The first kappa shape index (κ1) is 23.9. The molecule has 7 heteroatoms. The molecule has 33 heavy (non-hydrogen) atoms. The van der Waals surface area contributed by atoms with Crippen LogP contribution in [0.1, 0.15) is 61.9 Å². The van der Waals surface area contributed by atoms with Crippen LogP contribution >= 0.6 is 22.6 Å². The van der Waals surface area contributed by atoms with E-state index in [1.807, 2.05) is 38.1 Å². The SMILES string of the molecule is CCC(CC)OC(=O)C1(COc2c(-c3cccc4c3COC4=O)ccc(I)c2OC)CCC1. The highest BCUT2D eigenvalue weighted by molar-refractivity contribution is 14.1. The van der Waals surface area contributed by atoms with E-state index in [-0.39, 0.29) is 31.3 Å². The molecule has 0 N–H and O–H groups in total. The van der Waals surface area contributed by atoms with Crippen LogP contribution in [0.15, 0.2) is 30.3 Å². The Morgan fingerprint density at radius 3 is 2.45 bits per heavy atom. The van der Waals surface area contributed by atoms with Crippen molar-refractivity contribution < 1.29 is 28.5 Å². The van der Waals surface area contributed by atoms with E-state index in [4.69, 9.17) is 18.9 Å². The van der Waals surface area contributed by atoms with Crippen LogP contribution in [-0.2, 0) is 20.9 Å². The van der Waals surface area contributed by atoms with Gasteiger partial charge in [0.1, 0.15) is 24.7 Å². The number of carbonyl (C=O) groups is 2. The first-order chi connectivity index (χ1) is 15.9. The number of cyclic esters (lactones) is 1. The van der Waals surface area contributed by atoms with Crippen molar-refractivity contribution in [3.8, 4) is 22.6 Å². The standard InChI is InChI=1S/C26H29IO6/c1-4-16(5-2)33-25(29)26(12-7-13-26)15-32-22-18(10-11-21(27)23(22)30-3)17-8-6-9-19-20(17)14-31-24(19)28/h6,8-11,16H,4-5,7,12-15H2,1-3H3. The van der Waals surface area contributed by atoms with Gasteiger partial charge in [0.2, 0.25) is 0 Å². The van der Waals surface area contributed by atoms with E-state index in [0.29, 0.717) is 17.1 Å². The van der Waals surface area contributed by atoms with E-state index in [1.54, 1.807) is 13.2 Å². The summed E-state index contributed by atoms with van der Waals surface area (Å²) in [5.41, 5.74) is 2.45. The molecule has 1 saturated carbocycles. The van der Waals surface area contributed by atoms with Gasteiger partial charge in [-0.15, -0.1) is 0 Å². The summed E-state index contributed by atoms with van der Waals surface area (Å²) in [4.78, 5) is 25.2. The van der Waals surface area contributed by atoms with E-state index >= 15 is 0 Å². The lowest BCUT2D eigenvalue weighted by Crippen LogP contribution is -2.45. The Balaban J connectivity index is 1.68.